The lowest BCUT2D eigenvalue weighted by molar-refractivity contribution is -0.146. The molecule has 0 saturated carbocycles. The third kappa shape index (κ3) is 5.71. The van der Waals surface area contributed by atoms with Gasteiger partial charge in [-0.3, -0.25) is 0 Å². The Balaban J connectivity index is 2.24. The van der Waals surface area contributed by atoms with Gasteiger partial charge in [-0.2, -0.15) is 0 Å². The molecule has 0 spiro atoms. The third-order valence-electron chi connectivity index (χ3n) is 2.90. The van der Waals surface area contributed by atoms with Crippen molar-refractivity contribution in [1.82, 2.24) is 10.2 Å². The van der Waals surface area contributed by atoms with Crippen LogP contribution < -0.4 is 5.32 Å². The average Bonchev–Trinajstić information content (AvgIpc) is 2.45. The molecule has 0 unspecified atom stereocenters. The molecule has 0 saturated heterocycles. The molecule has 110 valence electrons. The molecule has 6 heteroatoms. The molecule has 1 aromatic carbocycles. The monoisotopic (exact) mass is 280 g/mol. The van der Waals surface area contributed by atoms with Crippen LogP contribution in [0.15, 0.2) is 30.3 Å². The maximum absolute atomic E-state index is 11.7. The van der Waals surface area contributed by atoms with E-state index >= 15 is 0 Å². The minimum absolute atomic E-state index is 0.00635. The number of aliphatic carboxylic acids is 1. The highest BCUT2D eigenvalue weighted by molar-refractivity contribution is 5.74. The van der Waals surface area contributed by atoms with Crippen molar-refractivity contribution in [3.8, 4) is 0 Å². The minimum atomic E-state index is -1.44. The van der Waals surface area contributed by atoms with E-state index in [0.29, 0.717) is 6.54 Å². The largest absolute Gasteiger partial charge is 0.479 e. The molecular formula is C14H20N2O4. The van der Waals surface area contributed by atoms with Crippen molar-refractivity contribution >= 4 is 12.0 Å². The van der Waals surface area contributed by atoms with Gasteiger partial charge in [-0.05, 0) is 12.0 Å². The fourth-order valence-corrected chi connectivity index (χ4v) is 1.62. The van der Waals surface area contributed by atoms with Crippen molar-refractivity contribution in [3.63, 3.8) is 0 Å². The number of carbonyl (C=O) groups excluding carboxylic acids is 1. The summed E-state index contributed by atoms with van der Waals surface area (Å²) in [5.41, 5.74) is 1.15. The molecule has 3 N–H and O–H groups in total. The van der Waals surface area contributed by atoms with E-state index in [4.69, 9.17) is 10.2 Å². The minimum Gasteiger partial charge on any atom is -0.479 e. The summed E-state index contributed by atoms with van der Waals surface area (Å²) in [4.78, 5) is 23.6. The van der Waals surface area contributed by atoms with Gasteiger partial charge in [-0.25, -0.2) is 9.59 Å². The molecule has 20 heavy (non-hydrogen) atoms. The molecule has 0 aromatic heterocycles. The lowest BCUT2D eigenvalue weighted by Crippen LogP contribution is -2.40. The number of rotatable bonds is 7. The van der Waals surface area contributed by atoms with Crippen LogP contribution in [0.3, 0.4) is 0 Å². The molecule has 1 rings (SSSR count). The van der Waals surface area contributed by atoms with E-state index in [-0.39, 0.29) is 19.0 Å². The van der Waals surface area contributed by atoms with Crippen LogP contribution in [-0.4, -0.2) is 53.4 Å². The number of benzene rings is 1. The number of likely N-dealkylation sites (N-methyl/N-ethyl adjacent to an activating group) is 1. The maximum atomic E-state index is 11.7. The molecule has 1 aromatic rings. The highest BCUT2D eigenvalue weighted by Gasteiger charge is 2.14. The van der Waals surface area contributed by atoms with E-state index in [1.54, 1.807) is 7.05 Å². The normalized spacial score (nSPS) is 11.7. The summed E-state index contributed by atoms with van der Waals surface area (Å²) in [5, 5.41) is 20.1. The Hall–Kier alpha value is -2.08. The van der Waals surface area contributed by atoms with E-state index in [9.17, 15) is 9.59 Å². The Morgan fingerprint density at radius 1 is 1.30 bits per heavy atom. The molecule has 0 fully saturated rings. The molecule has 1 atom stereocenters. The molecule has 0 aliphatic carbocycles. The molecule has 6 nitrogen and oxygen atoms in total. The van der Waals surface area contributed by atoms with Crippen molar-refractivity contribution < 1.29 is 19.8 Å². The second-order valence-electron chi connectivity index (χ2n) is 4.53. The van der Waals surface area contributed by atoms with E-state index < -0.39 is 12.1 Å². The highest BCUT2D eigenvalue weighted by atomic mass is 16.4. The number of aliphatic hydroxyl groups excluding tert-OH is 1. The van der Waals surface area contributed by atoms with E-state index in [0.717, 1.165) is 12.0 Å². The second kappa shape index (κ2) is 8.16. The van der Waals surface area contributed by atoms with Crippen molar-refractivity contribution in [3.05, 3.63) is 35.9 Å². The summed E-state index contributed by atoms with van der Waals surface area (Å²) in [5.74, 6) is -1.28. The number of carboxylic acids is 1. The van der Waals surface area contributed by atoms with E-state index in [2.05, 4.69) is 5.32 Å². The second-order valence-corrected chi connectivity index (χ2v) is 4.53. The van der Waals surface area contributed by atoms with Crippen molar-refractivity contribution in [1.29, 1.82) is 0 Å². The van der Waals surface area contributed by atoms with Crippen molar-refractivity contribution in [2.75, 3.05) is 20.1 Å². The first-order chi connectivity index (χ1) is 9.50. The van der Waals surface area contributed by atoms with Gasteiger partial charge in [0.25, 0.3) is 0 Å². The summed E-state index contributed by atoms with van der Waals surface area (Å²) < 4.78 is 0. The SMILES string of the molecule is CN(CCc1ccccc1)C(=O)NCC[C@H](O)C(=O)O. The topological polar surface area (TPSA) is 89.9 Å². The van der Waals surface area contributed by atoms with Gasteiger partial charge >= 0.3 is 12.0 Å². The van der Waals surface area contributed by atoms with Crippen LogP contribution >= 0.6 is 0 Å². The van der Waals surface area contributed by atoms with E-state index in [1.807, 2.05) is 30.3 Å². The Labute approximate surface area is 118 Å². The summed E-state index contributed by atoms with van der Waals surface area (Å²) >= 11 is 0. The van der Waals surface area contributed by atoms with Crippen LogP contribution in [0.4, 0.5) is 4.79 Å². The predicted octanol–water partition coefficient (Wildman–Crippen LogP) is 0.706. The zero-order valence-electron chi connectivity index (χ0n) is 11.5. The van der Waals surface area contributed by atoms with Crippen LogP contribution in [0.5, 0.6) is 0 Å². The number of aliphatic hydroxyl groups is 1. The average molecular weight is 280 g/mol. The molecule has 0 bridgehead atoms. The van der Waals surface area contributed by atoms with Crippen LogP contribution in [0, 0.1) is 0 Å². The number of amides is 2. The first-order valence-electron chi connectivity index (χ1n) is 6.44. The number of carboxylic acid groups (broad SMARTS) is 1. The Morgan fingerprint density at radius 3 is 2.55 bits per heavy atom. The maximum Gasteiger partial charge on any atom is 0.332 e. The molecule has 0 aliphatic rings. The summed E-state index contributed by atoms with van der Waals surface area (Å²) in [7, 11) is 1.67. The summed E-state index contributed by atoms with van der Waals surface area (Å²) in [6, 6.07) is 9.54. The number of urea groups is 1. The smallest absolute Gasteiger partial charge is 0.332 e. The van der Waals surface area contributed by atoms with Crippen LogP contribution in [0.2, 0.25) is 0 Å². The summed E-state index contributed by atoms with van der Waals surface area (Å²) in [6.07, 6.45) is -0.694. The number of hydrogen-bond donors (Lipinski definition) is 3. The Morgan fingerprint density at radius 2 is 1.95 bits per heavy atom. The lowest BCUT2D eigenvalue weighted by atomic mass is 10.1. The van der Waals surface area contributed by atoms with Gasteiger partial charge in [0.05, 0.1) is 0 Å². The van der Waals surface area contributed by atoms with E-state index in [1.165, 1.54) is 4.90 Å². The van der Waals surface area contributed by atoms with Crippen molar-refractivity contribution in [2.24, 2.45) is 0 Å². The van der Waals surface area contributed by atoms with Crippen LogP contribution in [-0.2, 0) is 11.2 Å². The molecule has 0 radical (unpaired) electrons. The zero-order chi connectivity index (χ0) is 15.0. The third-order valence-corrected chi connectivity index (χ3v) is 2.90. The van der Waals surface area contributed by atoms with Gasteiger partial charge in [0.15, 0.2) is 6.10 Å². The first-order valence-corrected chi connectivity index (χ1v) is 6.44. The number of hydrogen-bond acceptors (Lipinski definition) is 3. The quantitative estimate of drug-likeness (QED) is 0.686. The van der Waals surface area contributed by atoms with Gasteiger partial charge < -0.3 is 20.4 Å². The summed E-state index contributed by atoms with van der Waals surface area (Å²) in [6.45, 7) is 0.694. The highest BCUT2D eigenvalue weighted by Crippen LogP contribution is 2.00. The zero-order valence-corrected chi connectivity index (χ0v) is 11.5. The number of nitrogens with zero attached hydrogens (tertiary/aromatic N) is 1. The molecule has 2 amide bonds. The van der Waals surface area contributed by atoms with Crippen LogP contribution in [0.25, 0.3) is 0 Å². The molecule has 0 aliphatic heterocycles. The van der Waals surface area contributed by atoms with Gasteiger partial charge in [0, 0.05) is 26.6 Å². The Bertz CT molecular complexity index is 436. The first kappa shape index (κ1) is 16.0. The predicted molar refractivity (Wildman–Crippen MR) is 74.4 cm³/mol. The fourth-order valence-electron chi connectivity index (χ4n) is 1.62. The Kier molecular flexibility index (Phi) is 6.52. The fraction of sp³-hybridized carbons (Fsp3) is 0.429. The van der Waals surface area contributed by atoms with Gasteiger partial charge in [-0.15, -0.1) is 0 Å². The molecule has 0 heterocycles. The van der Waals surface area contributed by atoms with Crippen molar-refractivity contribution in [2.45, 2.75) is 18.9 Å². The number of carbonyl (C=O) groups is 2. The van der Waals surface area contributed by atoms with Gasteiger partial charge in [0.1, 0.15) is 0 Å². The number of nitrogens with one attached hydrogen (secondary N) is 1. The van der Waals surface area contributed by atoms with Gasteiger partial charge in [0.2, 0.25) is 0 Å². The van der Waals surface area contributed by atoms with Crippen LogP contribution in [0.1, 0.15) is 12.0 Å². The standard InChI is InChI=1S/C14H20N2O4/c1-16(10-8-11-5-3-2-4-6-11)14(20)15-9-7-12(17)13(18)19/h2-6,12,17H,7-10H2,1H3,(H,15,20)(H,18,19)/t12-/m0/s1. The lowest BCUT2D eigenvalue weighted by Gasteiger charge is -2.18. The molecular weight excluding hydrogens is 260 g/mol. The van der Waals surface area contributed by atoms with Gasteiger partial charge in [-0.1, -0.05) is 30.3 Å².